The highest BCUT2D eigenvalue weighted by molar-refractivity contribution is 7.17. The van der Waals surface area contributed by atoms with Gasteiger partial charge in [0.05, 0.1) is 18.7 Å². The number of thiophene rings is 1. The van der Waals surface area contributed by atoms with Crippen molar-refractivity contribution in [1.29, 1.82) is 0 Å². The Labute approximate surface area is 207 Å². The molecule has 6 nitrogen and oxygen atoms in total. The van der Waals surface area contributed by atoms with E-state index in [1.54, 1.807) is 11.3 Å². The van der Waals surface area contributed by atoms with Crippen molar-refractivity contribution in [2.24, 2.45) is 11.3 Å². The Bertz CT molecular complexity index is 1020. The fraction of sp³-hybridized carbons (Fsp3) is 0.556. The molecule has 0 radical (unpaired) electrons. The van der Waals surface area contributed by atoms with Gasteiger partial charge in [-0.15, -0.1) is 11.3 Å². The minimum Gasteiger partial charge on any atom is -0.494 e. The number of carbonyl (C=O) groups is 2. The van der Waals surface area contributed by atoms with Crippen molar-refractivity contribution in [3.63, 3.8) is 0 Å². The topological polar surface area (TPSA) is 70.7 Å². The van der Waals surface area contributed by atoms with Crippen molar-refractivity contribution in [1.82, 2.24) is 4.90 Å². The highest BCUT2D eigenvalue weighted by atomic mass is 32.1. The lowest BCUT2D eigenvalue weighted by Crippen LogP contribution is -2.31. The molecule has 1 aliphatic carbocycles. The summed E-state index contributed by atoms with van der Waals surface area (Å²) in [5, 5.41) is 6.83. The molecular formula is C27H37N3O3S. The molecule has 7 heteroatoms. The largest absolute Gasteiger partial charge is 0.494 e. The van der Waals surface area contributed by atoms with Crippen molar-refractivity contribution in [2.45, 2.75) is 59.8 Å². The van der Waals surface area contributed by atoms with Crippen molar-refractivity contribution in [2.75, 3.05) is 36.9 Å². The number of likely N-dealkylation sites (tertiary alicyclic amines) is 1. The minimum atomic E-state index is -0.160. The van der Waals surface area contributed by atoms with Gasteiger partial charge in [-0.25, -0.2) is 0 Å². The monoisotopic (exact) mass is 483 g/mol. The van der Waals surface area contributed by atoms with Gasteiger partial charge in [0.25, 0.3) is 5.91 Å². The summed E-state index contributed by atoms with van der Waals surface area (Å²) in [6.45, 7) is 11.7. The first kappa shape index (κ1) is 24.7. The van der Waals surface area contributed by atoms with Crippen LogP contribution in [0.5, 0.6) is 5.75 Å². The molecular weight excluding hydrogens is 446 g/mol. The van der Waals surface area contributed by atoms with E-state index in [2.05, 4.69) is 36.3 Å². The van der Waals surface area contributed by atoms with Gasteiger partial charge in [-0.05, 0) is 93.3 Å². The number of fused-ring (bicyclic) bond motifs is 1. The van der Waals surface area contributed by atoms with E-state index in [9.17, 15) is 9.59 Å². The zero-order valence-corrected chi connectivity index (χ0v) is 21.6. The summed E-state index contributed by atoms with van der Waals surface area (Å²) in [6, 6.07) is 7.41. The molecule has 2 aromatic rings. The molecule has 0 spiro atoms. The third-order valence-corrected chi connectivity index (χ3v) is 8.13. The molecule has 0 saturated carbocycles. The SMILES string of the molecule is CCOc1ccc(NC(=O)c2c(NC(=O)CN3CCCC3)sc3c2CCC(C(C)(C)C)C3)cc1. The van der Waals surface area contributed by atoms with Gasteiger partial charge in [0.1, 0.15) is 10.8 Å². The summed E-state index contributed by atoms with van der Waals surface area (Å²) in [5.41, 5.74) is 2.67. The lowest BCUT2D eigenvalue weighted by Gasteiger charge is -2.33. The van der Waals surface area contributed by atoms with Crippen molar-refractivity contribution in [3.8, 4) is 5.75 Å². The summed E-state index contributed by atoms with van der Waals surface area (Å²) in [7, 11) is 0. The van der Waals surface area contributed by atoms with Crippen molar-refractivity contribution >= 4 is 33.8 Å². The normalized spacial score (nSPS) is 18.4. The van der Waals surface area contributed by atoms with Gasteiger partial charge in [-0.2, -0.15) is 0 Å². The van der Waals surface area contributed by atoms with Crippen LogP contribution in [0.2, 0.25) is 0 Å². The third-order valence-electron chi connectivity index (χ3n) is 6.96. The Balaban J connectivity index is 1.57. The van der Waals surface area contributed by atoms with E-state index in [0.717, 1.165) is 56.5 Å². The van der Waals surface area contributed by atoms with Gasteiger partial charge in [0.2, 0.25) is 5.91 Å². The van der Waals surface area contributed by atoms with Crippen LogP contribution in [0.15, 0.2) is 24.3 Å². The quantitative estimate of drug-likeness (QED) is 0.539. The summed E-state index contributed by atoms with van der Waals surface area (Å²) in [5.74, 6) is 1.14. The molecule has 1 saturated heterocycles. The minimum absolute atomic E-state index is 0.0389. The van der Waals surface area contributed by atoms with Crippen molar-refractivity contribution < 1.29 is 14.3 Å². The number of carbonyl (C=O) groups excluding carboxylic acids is 2. The van der Waals surface area contributed by atoms with Crippen LogP contribution in [0.25, 0.3) is 0 Å². The molecule has 2 heterocycles. The molecule has 184 valence electrons. The highest BCUT2D eigenvalue weighted by Crippen LogP contribution is 2.44. The van der Waals surface area contributed by atoms with E-state index in [4.69, 9.17) is 4.74 Å². The second-order valence-corrected chi connectivity index (χ2v) is 11.6. The molecule has 0 bridgehead atoms. The maximum atomic E-state index is 13.5. The number of rotatable bonds is 7. The smallest absolute Gasteiger partial charge is 0.258 e. The maximum Gasteiger partial charge on any atom is 0.258 e. The second kappa shape index (κ2) is 10.5. The van der Waals surface area contributed by atoms with Crippen LogP contribution in [0, 0.1) is 11.3 Å². The van der Waals surface area contributed by atoms with Gasteiger partial charge >= 0.3 is 0 Å². The molecule has 1 unspecified atom stereocenters. The average molecular weight is 484 g/mol. The van der Waals surface area contributed by atoms with Crippen LogP contribution in [0.1, 0.15) is 67.8 Å². The zero-order chi connectivity index (χ0) is 24.3. The molecule has 2 aliphatic rings. The van der Waals surface area contributed by atoms with Gasteiger partial charge < -0.3 is 15.4 Å². The number of nitrogens with zero attached hydrogens (tertiary/aromatic N) is 1. The van der Waals surface area contributed by atoms with E-state index in [1.165, 1.54) is 4.88 Å². The number of amides is 2. The van der Waals surface area contributed by atoms with E-state index < -0.39 is 0 Å². The number of hydrogen-bond donors (Lipinski definition) is 2. The first-order valence-electron chi connectivity index (χ1n) is 12.5. The molecule has 2 amide bonds. The van der Waals surface area contributed by atoms with Crippen LogP contribution in [0.4, 0.5) is 10.7 Å². The number of ether oxygens (including phenoxy) is 1. The standard InChI is InChI=1S/C27H37N3O3S/c1-5-33-20-11-9-19(10-12-20)28-25(32)24-21-13-8-18(27(2,3)4)16-22(21)34-26(24)29-23(31)17-30-14-6-7-15-30/h9-12,18H,5-8,13-17H2,1-4H3,(H,28,32)(H,29,31). The molecule has 34 heavy (non-hydrogen) atoms. The van der Waals surface area contributed by atoms with E-state index >= 15 is 0 Å². The van der Waals surface area contributed by atoms with Crippen LogP contribution >= 0.6 is 11.3 Å². The number of anilines is 2. The molecule has 1 aromatic heterocycles. The summed E-state index contributed by atoms with van der Waals surface area (Å²) >= 11 is 1.58. The summed E-state index contributed by atoms with van der Waals surface area (Å²) < 4.78 is 5.50. The molecule has 4 rings (SSSR count). The Kier molecular flexibility index (Phi) is 7.63. The van der Waals surface area contributed by atoms with Gasteiger partial charge in [0.15, 0.2) is 0 Å². The van der Waals surface area contributed by atoms with Gasteiger partial charge in [-0.3, -0.25) is 14.5 Å². The fourth-order valence-electron chi connectivity index (χ4n) is 4.96. The van der Waals surface area contributed by atoms with Gasteiger partial charge in [0, 0.05) is 10.6 Å². The predicted octanol–water partition coefficient (Wildman–Crippen LogP) is 5.58. The van der Waals surface area contributed by atoms with Crippen LogP contribution < -0.4 is 15.4 Å². The Hall–Kier alpha value is -2.38. The predicted molar refractivity (Wildman–Crippen MR) is 139 cm³/mol. The van der Waals surface area contributed by atoms with E-state index in [1.807, 2.05) is 31.2 Å². The Morgan fingerprint density at radius 1 is 1.12 bits per heavy atom. The Morgan fingerprint density at radius 3 is 2.47 bits per heavy atom. The van der Waals surface area contributed by atoms with E-state index in [0.29, 0.717) is 35.3 Å². The van der Waals surface area contributed by atoms with Crippen LogP contribution in [0.3, 0.4) is 0 Å². The lowest BCUT2D eigenvalue weighted by atomic mass is 9.72. The average Bonchev–Trinajstić information content (AvgIpc) is 3.41. The van der Waals surface area contributed by atoms with Crippen LogP contribution in [-0.4, -0.2) is 43.0 Å². The van der Waals surface area contributed by atoms with E-state index in [-0.39, 0.29) is 17.2 Å². The van der Waals surface area contributed by atoms with Crippen molar-refractivity contribution in [3.05, 3.63) is 40.3 Å². The highest BCUT2D eigenvalue weighted by Gasteiger charge is 2.34. The number of benzene rings is 1. The molecule has 1 atom stereocenters. The second-order valence-electron chi connectivity index (χ2n) is 10.5. The summed E-state index contributed by atoms with van der Waals surface area (Å²) in [4.78, 5) is 29.7. The first-order chi connectivity index (χ1) is 16.2. The fourth-order valence-corrected chi connectivity index (χ4v) is 6.30. The summed E-state index contributed by atoms with van der Waals surface area (Å²) in [6.07, 6.45) is 5.16. The van der Waals surface area contributed by atoms with Gasteiger partial charge in [-0.1, -0.05) is 20.8 Å². The zero-order valence-electron chi connectivity index (χ0n) is 20.8. The maximum absolute atomic E-state index is 13.5. The molecule has 1 aliphatic heterocycles. The molecule has 2 N–H and O–H groups in total. The molecule has 1 fully saturated rings. The molecule has 1 aromatic carbocycles. The number of nitrogens with one attached hydrogen (secondary N) is 2. The first-order valence-corrected chi connectivity index (χ1v) is 13.3. The lowest BCUT2D eigenvalue weighted by molar-refractivity contribution is -0.117. The number of hydrogen-bond acceptors (Lipinski definition) is 5. The van der Waals surface area contributed by atoms with Crippen LogP contribution in [-0.2, 0) is 17.6 Å². The third kappa shape index (κ3) is 5.81. The Morgan fingerprint density at radius 2 is 1.82 bits per heavy atom.